The second-order valence-corrected chi connectivity index (χ2v) is 9.77. The lowest BCUT2D eigenvalue weighted by atomic mass is 9.41. The van der Waals surface area contributed by atoms with Crippen molar-refractivity contribution in [2.24, 2.45) is 22.7 Å². The Kier molecular flexibility index (Phi) is 3.56. The molecule has 140 valence electrons. The summed E-state index contributed by atoms with van der Waals surface area (Å²) in [6, 6.07) is 0. The van der Waals surface area contributed by atoms with Crippen molar-refractivity contribution in [2.75, 3.05) is 0 Å². The van der Waals surface area contributed by atoms with E-state index >= 15 is 0 Å². The van der Waals surface area contributed by atoms with Crippen molar-refractivity contribution in [3.05, 3.63) is 11.6 Å². The second kappa shape index (κ2) is 5.08. The van der Waals surface area contributed by atoms with Gasteiger partial charge in [0.05, 0.1) is 11.0 Å². The Bertz CT molecular complexity index is 634. The Morgan fingerprint density at radius 2 is 2.00 bits per heavy atom. The summed E-state index contributed by atoms with van der Waals surface area (Å²) in [5, 5.41) is 20.7. The SMILES string of the molecule is CC(C)(O)C1=C[C@@]23C[C@](C)(C(=O)O)[C@@H]4CCCC[C@]4(C)[C@H]2C[C@@H]1OO3. The minimum absolute atomic E-state index is 0.0761. The van der Waals surface area contributed by atoms with Gasteiger partial charge in [0, 0.05) is 5.92 Å². The molecule has 2 heterocycles. The molecule has 5 rings (SSSR count). The van der Waals surface area contributed by atoms with E-state index in [4.69, 9.17) is 9.78 Å². The normalized spacial score (nSPS) is 49.2. The molecule has 5 nitrogen and oxygen atoms in total. The van der Waals surface area contributed by atoms with Gasteiger partial charge in [0.25, 0.3) is 0 Å². The van der Waals surface area contributed by atoms with Crippen LogP contribution in [-0.4, -0.2) is 33.5 Å². The molecule has 1 spiro atoms. The monoisotopic (exact) mass is 350 g/mol. The first-order chi connectivity index (χ1) is 11.5. The van der Waals surface area contributed by atoms with Gasteiger partial charge in [-0.2, -0.15) is 0 Å². The fourth-order valence-electron chi connectivity index (χ4n) is 6.66. The van der Waals surface area contributed by atoms with E-state index in [1.54, 1.807) is 13.8 Å². The lowest BCUT2D eigenvalue weighted by molar-refractivity contribution is -0.440. The Morgan fingerprint density at radius 1 is 1.28 bits per heavy atom. The average Bonchev–Trinajstić information content (AvgIpc) is 2.53. The Balaban J connectivity index is 1.87. The van der Waals surface area contributed by atoms with Gasteiger partial charge < -0.3 is 10.2 Å². The van der Waals surface area contributed by atoms with E-state index in [1.165, 1.54) is 0 Å². The van der Waals surface area contributed by atoms with E-state index in [1.807, 2.05) is 13.0 Å². The number of fused-ring (bicyclic) bond motifs is 2. The van der Waals surface area contributed by atoms with Gasteiger partial charge in [-0.15, -0.1) is 0 Å². The van der Waals surface area contributed by atoms with Crippen molar-refractivity contribution in [1.82, 2.24) is 0 Å². The molecule has 0 aromatic heterocycles. The molecule has 0 unspecified atom stereocenters. The van der Waals surface area contributed by atoms with Crippen LogP contribution in [0.15, 0.2) is 11.6 Å². The highest BCUT2D eigenvalue weighted by molar-refractivity contribution is 5.75. The van der Waals surface area contributed by atoms with Crippen LogP contribution in [0.2, 0.25) is 0 Å². The lowest BCUT2D eigenvalue weighted by Crippen LogP contribution is -2.68. The van der Waals surface area contributed by atoms with Crippen LogP contribution in [-0.2, 0) is 14.6 Å². The first-order valence-electron chi connectivity index (χ1n) is 9.56. The van der Waals surface area contributed by atoms with E-state index in [0.717, 1.165) is 37.7 Å². The molecule has 0 aromatic carbocycles. The summed E-state index contributed by atoms with van der Waals surface area (Å²) < 4.78 is 0. The van der Waals surface area contributed by atoms with E-state index in [0.29, 0.717) is 6.42 Å². The largest absolute Gasteiger partial charge is 0.481 e. The van der Waals surface area contributed by atoms with Gasteiger partial charge in [-0.05, 0) is 69.4 Å². The summed E-state index contributed by atoms with van der Waals surface area (Å²) in [5.41, 5.74) is -1.83. The van der Waals surface area contributed by atoms with Crippen LogP contribution in [0.25, 0.3) is 0 Å². The van der Waals surface area contributed by atoms with Gasteiger partial charge >= 0.3 is 5.97 Å². The van der Waals surface area contributed by atoms with Crippen molar-refractivity contribution >= 4 is 5.97 Å². The number of carboxylic acid groups (broad SMARTS) is 1. The number of rotatable bonds is 2. The third kappa shape index (κ3) is 2.22. The van der Waals surface area contributed by atoms with Gasteiger partial charge in [0.15, 0.2) is 0 Å². The van der Waals surface area contributed by atoms with Crippen molar-refractivity contribution < 1.29 is 24.8 Å². The molecule has 2 bridgehead atoms. The van der Waals surface area contributed by atoms with Gasteiger partial charge in [-0.1, -0.05) is 19.8 Å². The molecule has 2 aliphatic heterocycles. The van der Waals surface area contributed by atoms with E-state index < -0.39 is 22.6 Å². The van der Waals surface area contributed by atoms with Crippen LogP contribution in [0.4, 0.5) is 0 Å². The average molecular weight is 350 g/mol. The molecule has 2 N–H and O–H groups in total. The third-order valence-corrected chi connectivity index (χ3v) is 7.76. The molecule has 25 heavy (non-hydrogen) atoms. The zero-order valence-corrected chi connectivity index (χ0v) is 15.7. The van der Waals surface area contributed by atoms with E-state index in [-0.39, 0.29) is 23.4 Å². The molecule has 1 saturated heterocycles. The van der Waals surface area contributed by atoms with Crippen molar-refractivity contribution in [3.8, 4) is 0 Å². The summed E-state index contributed by atoms with van der Waals surface area (Å²) in [7, 11) is 0. The standard InChI is InChI=1S/C20H30O5/c1-17(2,23)12-10-20-11-19(4,16(21)22)14-7-5-6-8-18(14,3)15(20)9-13(12)24-25-20/h10,13-15,23H,5-9,11H2,1-4H3,(H,21,22)/t13-,14+,15+,18-,19-,20+/m0/s1. The minimum atomic E-state index is -0.990. The highest BCUT2D eigenvalue weighted by Crippen LogP contribution is 2.68. The molecule has 2 saturated carbocycles. The summed E-state index contributed by atoms with van der Waals surface area (Å²) in [6.45, 7) is 7.68. The number of aliphatic carboxylic acids is 1. The zero-order chi connectivity index (χ0) is 18.3. The maximum absolute atomic E-state index is 12.3. The quantitative estimate of drug-likeness (QED) is 0.589. The Morgan fingerprint density at radius 3 is 2.64 bits per heavy atom. The fourth-order valence-corrected chi connectivity index (χ4v) is 6.66. The predicted molar refractivity (Wildman–Crippen MR) is 91.6 cm³/mol. The van der Waals surface area contributed by atoms with Crippen LogP contribution < -0.4 is 0 Å². The first-order valence-corrected chi connectivity index (χ1v) is 9.56. The number of carbonyl (C=O) groups is 1. The summed E-state index contributed by atoms with van der Waals surface area (Å²) in [4.78, 5) is 23.9. The van der Waals surface area contributed by atoms with Gasteiger partial charge in [0.1, 0.15) is 11.7 Å². The second-order valence-electron chi connectivity index (χ2n) is 9.77. The van der Waals surface area contributed by atoms with Crippen LogP contribution >= 0.6 is 0 Å². The lowest BCUT2D eigenvalue weighted by Gasteiger charge is -2.66. The van der Waals surface area contributed by atoms with Crippen LogP contribution in [0, 0.1) is 22.7 Å². The molecule has 0 radical (unpaired) electrons. The third-order valence-electron chi connectivity index (χ3n) is 7.76. The molecule has 0 amide bonds. The van der Waals surface area contributed by atoms with Crippen molar-refractivity contribution in [3.63, 3.8) is 0 Å². The number of hydrogen-bond donors (Lipinski definition) is 2. The number of carboxylic acids is 1. The van der Waals surface area contributed by atoms with Crippen LogP contribution in [0.3, 0.4) is 0 Å². The van der Waals surface area contributed by atoms with Crippen LogP contribution in [0.5, 0.6) is 0 Å². The number of hydrogen-bond acceptors (Lipinski definition) is 4. The van der Waals surface area contributed by atoms with Gasteiger partial charge in [-0.3, -0.25) is 4.79 Å². The topological polar surface area (TPSA) is 76.0 Å². The predicted octanol–water partition coefficient (Wildman–Crippen LogP) is 3.46. The molecule has 3 fully saturated rings. The highest BCUT2D eigenvalue weighted by Gasteiger charge is 2.69. The smallest absolute Gasteiger partial charge is 0.309 e. The molecule has 5 heteroatoms. The summed E-state index contributed by atoms with van der Waals surface area (Å²) in [6.07, 6.45) is 7.25. The molecule has 0 aromatic rings. The van der Waals surface area contributed by atoms with E-state index in [2.05, 4.69) is 6.92 Å². The van der Waals surface area contributed by atoms with Gasteiger partial charge in [-0.25, -0.2) is 9.78 Å². The van der Waals surface area contributed by atoms with Crippen LogP contribution in [0.1, 0.15) is 66.2 Å². The molecule has 6 atom stereocenters. The molecule has 3 aliphatic carbocycles. The van der Waals surface area contributed by atoms with E-state index in [9.17, 15) is 15.0 Å². The Labute approximate surface area is 149 Å². The maximum atomic E-state index is 12.3. The maximum Gasteiger partial charge on any atom is 0.309 e. The number of aliphatic hydroxyl groups is 1. The molecular formula is C20H30O5. The summed E-state index contributed by atoms with van der Waals surface area (Å²) >= 11 is 0. The fraction of sp³-hybridized carbons (Fsp3) is 0.850. The molecule has 5 aliphatic rings. The van der Waals surface area contributed by atoms with Crippen molar-refractivity contribution in [1.29, 1.82) is 0 Å². The Hall–Kier alpha value is -0.910. The summed E-state index contributed by atoms with van der Waals surface area (Å²) in [5.74, 6) is -0.348. The zero-order valence-electron chi connectivity index (χ0n) is 15.7. The van der Waals surface area contributed by atoms with Crippen molar-refractivity contribution in [2.45, 2.75) is 83.5 Å². The first kappa shape index (κ1) is 17.5. The highest BCUT2D eigenvalue weighted by atomic mass is 17.2. The van der Waals surface area contributed by atoms with Gasteiger partial charge in [0.2, 0.25) is 0 Å². The molecular weight excluding hydrogens is 320 g/mol. The minimum Gasteiger partial charge on any atom is -0.481 e.